The standard InChI is InChI=1S/C50H34N6/c1-2-12-33(13-3-1)35-30-36(32-38(31-35)56-46-21-7-5-15-40(46)50-48(56)23-11-29-52-50)42-17-9-19-44(54-42)43-18-8-16-41(53-43)34-24-26-37(27-25-34)55-45-20-6-4-14-39(45)49-47(55)22-10-28-51-49/h1-32,47,49H. The fourth-order valence-electron chi connectivity index (χ4n) is 8.44. The van der Waals surface area contributed by atoms with Crippen LogP contribution in [0.1, 0.15) is 11.6 Å². The monoisotopic (exact) mass is 718 g/mol. The maximum absolute atomic E-state index is 5.25. The summed E-state index contributed by atoms with van der Waals surface area (Å²) < 4.78 is 2.31. The summed E-state index contributed by atoms with van der Waals surface area (Å²) >= 11 is 0. The molecule has 56 heavy (non-hydrogen) atoms. The number of para-hydroxylation sites is 2. The molecule has 264 valence electrons. The highest BCUT2D eigenvalue weighted by Gasteiger charge is 2.38. The molecular formula is C50H34N6. The zero-order valence-electron chi connectivity index (χ0n) is 30.3. The van der Waals surface area contributed by atoms with Gasteiger partial charge in [-0.2, -0.15) is 0 Å². The normalized spacial score (nSPS) is 15.7. The minimum absolute atomic E-state index is 0.107. The lowest BCUT2D eigenvalue weighted by atomic mass is 10.00. The van der Waals surface area contributed by atoms with Gasteiger partial charge in [-0.25, -0.2) is 9.97 Å². The fourth-order valence-corrected chi connectivity index (χ4v) is 8.44. The van der Waals surface area contributed by atoms with E-state index >= 15 is 0 Å². The van der Waals surface area contributed by atoms with Gasteiger partial charge < -0.3 is 9.47 Å². The molecule has 2 atom stereocenters. The molecule has 4 aromatic heterocycles. The predicted molar refractivity (Wildman–Crippen MR) is 229 cm³/mol. The summed E-state index contributed by atoms with van der Waals surface area (Å²) in [6, 6.07) is 59.8. The van der Waals surface area contributed by atoms with Crippen LogP contribution >= 0.6 is 0 Å². The molecule has 0 saturated carbocycles. The van der Waals surface area contributed by atoms with Crippen molar-refractivity contribution in [3.05, 3.63) is 194 Å². The van der Waals surface area contributed by atoms with Gasteiger partial charge in [0.05, 0.1) is 45.4 Å². The number of fused-ring (bicyclic) bond motifs is 6. The molecule has 6 nitrogen and oxygen atoms in total. The number of hydrogen-bond acceptors (Lipinski definition) is 5. The van der Waals surface area contributed by atoms with Crippen molar-refractivity contribution < 1.29 is 0 Å². The second kappa shape index (κ2) is 13.1. The Balaban J connectivity index is 0.963. The first-order chi connectivity index (χ1) is 27.8. The van der Waals surface area contributed by atoms with Crippen molar-refractivity contribution >= 4 is 39.5 Å². The van der Waals surface area contributed by atoms with Gasteiger partial charge in [0.2, 0.25) is 0 Å². The van der Waals surface area contributed by atoms with Gasteiger partial charge in [0.15, 0.2) is 0 Å². The molecule has 11 rings (SSSR count). The fraction of sp³-hybridized carbons (Fsp3) is 0.0400. The average molecular weight is 719 g/mol. The van der Waals surface area contributed by atoms with Crippen LogP contribution in [0.5, 0.6) is 0 Å². The topological polar surface area (TPSA) is 59.2 Å². The van der Waals surface area contributed by atoms with Crippen LogP contribution in [-0.2, 0) is 0 Å². The Labute approximate surface area is 324 Å². The van der Waals surface area contributed by atoms with Gasteiger partial charge in [-0.1, -0.05) is 97.1 Å². The number of benzene rings is 5. The van der Waals surface area contributed by atoms with Gasteiger partial charge in [-0.3, -0.25) is 9.98 Å². The van der Waals surface area contributed by atoms with Crippen LogP contribution in [0.25, 0.3) is 72.7 Å². The van der Waals surface area contributed by atoms with Crippen molar-refractivity contribution in [1.82, 2.24) is 19.5 Å². The number of aliphatic imine (C=N–C) groups is 1. The predicted octanol–water partition coefficient (Wildman–Crippen LogP) is 11.8. The van der Waals surface area contributed by atoms with E-state index in [0.29, 0.717) is 0 Å². The van der Waals surface area contributed by atoms with Crippen LogP contribution in [0, 0.1) is 0 Å². The maximum Gasteiger partial charge on any atom is 0.101 e. The molecule has 0 radical (unpaired) electrons. The average Bonchev–Trinajstić information content (AvgIpc) is 3.80. The third-order valence-corrected chi connectivity index (χ3v) is 11.0. The second-order valence-corrected chi connectivity index (χ2v) is 14.3. The van der Waals surface area contributed by atoms with Crippen molar-refractivity contribution in [1.29, 1.82) is 0 Å². The molecule has 9 aromatic rings. The number of pyridine rings is 3. The Morgan fingerprint density at radius 2 is 1.18 bits per heavy atom. The Kier molecular flexibility index (Phi) is 7.52. The van der Waals surface area contributed by atoms with Crippen LogP contribution in [0.2, 0.25) is 0 Å². The van der Waals surface area contributed by atoms with Gasteiger partial charge in [0.1, 0.15) is 6.04 Å². The highest BCUT2D eigenvalue weighted by Crippen LogP contribution is 2.47. The van der Waals surface area contributed by atoms with E-state index in [9.17, 15) is 0 Å². The summed E-state index contributed by atoms with van der Waals surface area (Å²) in [6.45, 7) is 0. The van der Waals surface area contributed by atoms with Gasteiger partial charge >= 0.3 is 0 Å². The largest absolute Gasteiger partial charge is 0.332 e. The lowest BCUT2D eigenvalue weighted by Gasteiger charge is -2.28. The van der Waals surface area contributed by atoms with E-state index in [2.05, 4.69) is 173 Å². The molecule has 0 amide bonds. The first kappa shape index (κ1) is 32.0. The summed E-state index contributed by atoms with van der Waals surface area (Å²) in [4.78, 5) is 22.4. The van der Waals surface area contributed by atoms with Crippen molar-refractivity contribution in [2.75, 3.05) is 4.90 Å². The van der Waals surface area contributed by atoms with E-state index in [0.717, 1.165) is 78.3 Å². The van der Waals surface area contributed by atoms with E-state index < -0.39 is 0 Å². The minimum atomic E-state index is 0.107. The summed E-state index contributed by atoms with van der Waals surface area (Å²) in [5.74, 6) is 0. The number of allylic oxidation sites excluding steroid dienone is 1. The Morgan fingerprint density at radius 3 is 2.02 bits per heavy atom. The van der Waals surface area contributed by atoms with Crippen molar-refractivity contribution in [2.24, 2.45) is 4.99 Å². The molecule has 2 unspecified atom stereocenters. The number of aromatic nitrogens is 4. The summed E-state index contributed by atoms with van der Waals surface area (Å²) in [7, 11) is 0. The highest BCUT2D eigenvalue weighted by molar-refractivity contribution is 6.07. The molecule has 0 fully saturated rings. The van der Waals surface area contributed by atoms with E-state index in [1.54, 1.807) is 0 Å². The molecular weight excluding hydrogens is 685 g/mol. The third-order valence-electron chi connectivity index (χ3n) is 11.0. The first-order valence-electron chi connectivity index (χ1n) is 19.0. The number of rotatable bonds is 6. The van der Waals surface area contributed by atoms with Crippen molar-refractivity contribution in [3.63, 3.8) is 0 Å². The van der Waals surface area contributed by atoms with E-state index in [1.807, 2.05) is 30.6 Å². The molecule has 5 aromatic carbocycles. The number of nitrogens with zero attached hydrogens (tertiary/aromatic N) is 6. The molecule has 2 aliphatic rings. The second-order valence-electron chi connectivity index (χ2n) is 14.3. The highest BCUT2D eigenvalue weighted by atomic mass is 15.2. The van der Waals surface area contributed by atoms with E-state index in [1.165, 1.54) is 11.3 Å². The van der Waals surface area contributed by atoms with E-state index in [4.69, 9.17) is 19.9 Å². The molecule has 0 saturated heterocycles. The zero-order valence-corrected chi connectivity index (χ0v) is 30.3. The molecule has 6 heterocycles. The van der Waals surface area contributed by atoms with Gasteiger partial charge in [0.25, 0.3) is 0 Å². The number of anilines is 2. The quantitative estimate of drug-likeness (QED) is 0.172. The number of dihydropyridines is 1. The van der Waals surface area contributed by atoms with E-state index in [-0.39, 0.29) is 12.1 Å². The van der Waals surface area contributed by atoms with Crippen LogP contribution < -0.4 is 4.90 Å². The van der Waals surface area contributed by atoms with Crippen LogP contribution in [0.4, 0.5) is 11.4 Å². The van der Waals surface area contributed by atoms with Gasteiger partial charge in [-0.15, -0.1) is 0 Å². The lowest BCUT2D eigenvalue weighted by molar-refractivity contribution is 0.667. The smallest absolute Gasteiger partial charge is 0.101 e. The van der Waals surface area contributed by atoms with Crippen LogP contribution in [-0.4, -0.2) is 31.8 Å². The Hall–Kier alpha value is -7.44. The molecule has 0 bridgehead atoms. The third kappa shape index (κ3) is 5.34. The van der Waals surface area contributed by atoms with Crippen LogP contribution in [0.15, 0.2) is 193 Å². The summed E-state index contributed by atoms with van der Waals surface area (Å²) in [5, 5.41) is 1.13. The summed E-state index contributed by atoms with van der Waals surface area (Å²) in [5.41, 5.74) is 15.6. The molecule has 0 spiro atoms. The van der Waals surface area contributed by atoms with Crippen LogP contribution in [0.3, 0.4) is 0 Å². The summed E-state index contributed by atoms with van der Waals surface area (Å²) in [6.07, 6.45) is 8.08. The zero-order chi connectivity index (χ0) is 37.0. The molecule has 2 aliphatic heterocycles. The lowest BCUT2D eigenvalue weighted by Crippen LogP contribution is -2.28. The maximum atomic E-state index is 5.25. The van der Waals surface area contributed by atoms with Gasteiger partial charge in [-0.05, 0) is 96.1 Å². The Bertz CT molecular complexity index is 2940. The number of hydrogen-bond donors (Lipinski definition) is 0. The Morgan fingerprint density at radius 1 is 0.482 bits per heavy atom. The van der Waals surface area contributed by atoms with Gasteiger partial charge in [0, 0.05) is 51.6 Å². The molecule has 6 heteroatoms. The molecule has 0 aliphatic carbocycles. The first-order valence-corrected chi connectivity index (χ1v) is 19.0. The van der Waals surface area contributed by atoms with Crippen molar-refractivity contribution in [3.8, 4) is 50.7 Å². The minimum Gasteiger partial charge on any atom is -0.332 e. The molecule has 0 N–H and O–H groups in total. The van der Waals surface area contributed by atoms with Crippen molar-refractivity contribution in [2.45, 2.75) is 12.1 Å². The SMILES string of the molecule is C1=CC2C(N=C1)c1ccccc1N2c1ccc(-c2cccc(-c3cccc(-c4cc(-c5ccccc5)cc(-n5c6ccccc6c6ncccc65)c4)n3)n2)cc1.